The Morgan fingerprint density at radius 3 is 2.79 bits per heavy atom. The van der Waals surface area contributed by atoms with Crippen molar-refractivity contribution >= 4 is 11.6 Å². The van der Waals surface area contributed by atoms with Gasteiger partial charge < -0.3 is 11.1 Å². The van der Waals surface area contributed by atoms with Gasteiger partial charge in [-0.3, -0.25) is 9.89 Å². The van der Waals surface area contributed by atoms with Crippen molar-refractivity contribution in [2.45, 2.75) is 64.5 Å². The quantitative estimate of drug-likeness (QED) is 0.643. The molecule has 1 fully saturated rings. The van der Waals surface area contributed by atoms with Crippen LogP contribution in [0.2, 0.25) is 0 Å². The molecule has 1 amide bonds. The molecule has 28 heavy (non-hydrogen) atoms. The Hall–Kier alpha value is -2.74. The summed E-state index contributed by atoms with van der Waals surface area (Å²) < 4.78 is 1.74. The normalized spacial score (nSPS) is 20.0. The predicted octanol–water partition coefficient (Wildman–Crippen LogP) is 2.55. The Labute approximate surface area is 163 Å². The standard InChI is InChI=1S/C20H27N7O/c1-11(2)16-17(13-8-12(3)19-22-10-23-27(19)9-13)25-26-18(16)20(28)24-15-6-4-14(21)5-7-15/h8-11,14-15H,4-7,21H2,1-3H3,(H,24,28)(H,25,26). The van der Waals surface area contributed by atoms with Gasteiger partial charge in [-0.1, -0.05) is 13.8 Å². The van der Waals surface area contributed by atoms with Crippen molar-refractivity contribution < 1.29 is 4.79 Å². The molecule has 4 rings (SSSR count). The largest absolute Gasteiger partial charge is 0.348 e. The molecule has 0 aliphatic heterocycles. The minimum absolute atomic E-state index is 0.0959. The highest BCUT2D eigenvalue weighted by molar-refractivity contribution is 5.96. The van der Waals surface area contributed by atoms with E-state index in [2.05, 4.69) is 39.4 Å². The monoisotopic (exact) mass is 381 g/mol. The van der Waals surface area contributed by atoms with Gasteiger partial charge in [0, 0.05) is 29.4 Å². The van der Waals surface area contributed by atoms with Crippen LogP contribution in [0.4, 0.5) is 0 Å². The third kappa shape index (κ3) is 3.40. The smallest absolute Gasteiger partial charge is 0.269 e. The minimum Gasteiger partial charge on any atom is -0.348 e. The maximum atomic E-state index is 13.0. The molecule has 8 nitrogen and oxygen atoms in total. The topological polar surface area (TPSA) is 114 Å². The number of aromatic nitrogens is 5. The van der Waals surface area contributed by atoms with Crippen molar-refractivity contribution in [2.75, 3.05) is 0 Å². The number of rotatable bonds is 4. The highest BCUT2D eigenvalue weighted by atomic mass is 16.2. The first kappa shape index (κ1) is 18.6. The Morgan fingerprint density at radius 2 is 2.07 bits per heavy atom. The molecule has 1 saturated carbocycles. The number of aromatic amines is 1. The van der Waals surface area contributed by atoms with Crippen molar-refractivity contribution in [1.82, 2.24) is 30.1 Å². The third-order valence-electron chi connectivity index (χ3n) is 5.55. The van der Waals surface area contributed by atoms with Crippen LogP contribution in [-0.4, -0.2) is 42.8 Å². The number of carbonyl (C=O) groups is 1. The second-order valence-electron chi connectivity index (χ2n) is 8.04. The second kappa shape index (κ2) is 7.35. The van der Waals surface area contributed by atoms with Crippen LogP contribution >= 0.6 is 0 Å². The molecule has 0 spiro atoms. The van der Waals surface area contributed by atoms with Gasteiger partial charge in [0.2, 0.25) is 0 Å². The van der Waals surface area contributed by atoms with Crippen molar-refractivity contribution in [3.63, 3.8) is 0 Å². The second-order valence-corrected chi connectivity index (χ2v) is 8.04. The third-order valence-corrected chi connectivity index (χ3v) is 5.55. The maximum Gasteiger partial charge on any atom is 0.269 e. The number of hydrogen-bond acceptors (Lipinski definition) is 5. The summed E-state index contributed by atoms with van der Waals surface area (Å²) >= 11 is 0. The Morgan fingerprint density at radius 1 is 1.32 bits per heavy atom. The van der Waals surface area contributed by atoms with Crippen LogP contribution in [0.3, 0.4) is 0 Å². The molecule has 3 heterocycles. The molecule has 1 aliphatic rings. The first-order chi connectivity index (χ1) is 13.4. The van der Waals surface area contributed by atoms with E-state index in [1.807, 2.05) is 19.2 Å². The van der Waals surface area contributed by atoms with Gasteiger partial charge in [-0.25, -0.2) is 9.50 Å². The van der Waals surface area contributed by atoms with Gasteiger partial charge >= 0.3 is 0 Å². The molecule has 3 aromatic rings. The molecule has 0 atom stereocenters. The van der Waals surface area contributed by atoms with Crippen molar-refractivity contribution in [3.8, 4) is 11.3 Å². The summed E-state index contributed by atoms with van der Waals surface area (Å²) in [5.41, 5.74) is 11.0. The number of hydrogen-bond donors (Lipinski definition) is 3. The van der Waals surface area contributed by atoms with Crippen LogP contribution in [0.5, 0.6) is 0 Å². The molecule has 0 radical (unpaired) electrons. The van der Waals surface area contributed by atoms with Gasteiger partial charge in [-0.05, 0) is 50.2 Å². The zero-order valence-corrected chi connectivity index (χ0v) is 16.6. The van der Waals surface area contributed by atoms with Crippen LogP contribution in [0.15, 0.2) is 18.6 Å². The number of amides is 1. The van der Waals surface area contributed by atoms with Crippen LogP contribution < -0.4 is 11.1 Å². The van der Waals surface area contributed by atoms with Crippen molar-refractivity contribution in [2.24, 2.45) is 5.73 Å². The molecular weight excluding hydrogens is 354 g/mol. The zero-order valence-electron chi connectivity index (χ0n) is 16.6. The number of fused-ring (bicyclic) bond motifs is 1. The highest BCUT2D eigenvalue weighted by Crippen LogP contribution is 2.31. The van der Waals surface area contributed by atoms with Crippen molar-refractivity contribution in [3.05, 3.63) is 35.4 Å². The molecule has 8 heteroatoms. The van der Waals surface area contributed by atoms with E-state index < -0.39 is 0 Å². The first-order valence-electron chi connectivity index (χ1n) is 9.89. The number of carbonyl (C=O) groups excluding carboxylic acids is 1. The molecule has 148 valence electrons. The Bertz CT molecular complexity index is 995. The summed E-state index contributed by atoms with van der Waals surface area (Å²) in [5, 5.41) is 14.9. The zero-order chi connectivity index (χ0) is 19.8. The van der Waals surface area contributed by atoms with Crippen LogP contribution in [0, 0.1) is 6.92 Å². The fraction of sp³-hybridized carbons (Fsp3) is 0.500. The number of nitrogens with one attached hydrogen (secondary N) is 2. The predicted molar refractivity (Wildman–Crippen MR) is 107 cm³/mol. The van der Waals surface area contributed by atoms with Gasteiger partial charge in [-0.2, -0.15) is 10.2 Å². The van der Waals surface area contributed by atoms with E-state index in [1.165, 1.54) is 6.33 Å². The van der Waals surface area contributed by atoms with Gasteiger partial charge in [0.25, 0.3) is 5.91 Å². The van der Waals surface area contributed by atoms with Gasteiger partial charge in [0.05, 0.1) is 5.69 Å². The van der Waals surface area contributed by atoms with E-state index in [0.29, 0.717) is 5.69 Å². The van der Waals surface area contributed by atoms with E-state index in [1.54, 1.807) is 4.52 Å². The number of nitrogens with two attached hydrogens (primary N) is 1. The minimum atomic E-state index is -0.0959. The summed E-state index contributed by atoms with van der Waals surface area (Å²) in [7, 11) is 0. The molecule has 0 unspecified atom stereocenters. The summed E-state index contributed by atoms with van der Waals surface area (Å²) in [5.74, 6) is 0.0440. The summed E-state index contributed by atoms with van der Waals surface area (Å²) in [4.78, 5) is 17.2. The number of nitrogens with zero attached hydrogens (tertiary/aromatic N) is 4. The fourth-order valence-electron chi connectivity index (χ4n) is 4.05. The Kier molecular flexibility index (Phi) is 4.89. The maximum absolute atomic E-state index is 13.0. The van der Waals surface area contributed by atoms with E-state index >= 15 is 0 Å². The van der Waals surface area contributed by atoms with Crippen LogP contribution in [-0.2, 0) is 0 Å². The molecule has 0 bridgehead atoms. The van der Waals surface area contributed by atoms with Gasteiger partial charge in [0.15, 0.2) is 5.65 Å². The van der Waals surface area contributed by atoms with E-state index in [-0.39, 0.29) is 23.9 Å². The molecule has 0 aromatic carbocycles. The van der Waals surface area contributed by atoms with E-state index in [9.17, 15) is 4.79 Å². The molecule has 0 saturated heterocycles. The average molecular weight is 381 g/mol. The lowest BCUT2D eigenvalue weighted by atomic mass is 9.91. The lowest BCUT2D eigenvalue weighted by Crippen LogP contribution is -2.40. The number of H-pyrrole nitrogens is 1. The average Bonchev–Trinajstić information content (AvgIpc) is 3.30. The Balaban J connectivity index is 1.66. The number of aryl methyl sites for hydroxylation is 1. The van der Waals surface area contributed by atoms with E-state index in [0.717, 1.165) is 53.7 Å². The highest BCUT2D eigenvalue weighted by Gasteiger charge is 2.26. The first-order valence-corrected chi connectivity index (χ1v) is 9.89. The molecule has 4 N–H and O–H groups in total. The molecule has 3 aromatic heterocycles. The van der Waals surface area contributed by atoms with E-state index in [4.69, 9.17) is 5.73 Å². The SMILES string of the molecule is Cc1cc(-c2n[nH]c(C(=O)NC3CCC(N)CC3)c2C(C)C)cn2ncnc12. The summed E-state index contributed by atoms with van der Waals surface area (Å²) in [6, 6.07) is 2.47. The summed E-state index contributed by atoms with van der Waals surface area (Å²) in [6.07, 6.45) is 7.19. The van der Waals surface area contributed by atoms with Crippen LogP contribution in [0.1, 0.15) is 67.1 Å². The summed E-state index contributed by atoms with van der Waals surface area (Å²) in [6.45, 7) is 6.15. The van der Waals surface area contributed by atoms with Crippen LogP contribution in [0.25, 0.3) is 16.9 Å². The number of pyridine rings is 1. The van der Waals surface area contributed by atoms with Gasteiger partial charge in [0.1, 0.15) is 12.0 Å². The lowest BCUT2D eigenvalue weighted by Gasteiger charge is -2.26. The molecule has 1 aliphatic carbocycles. The fourth-order valence-corrected chi connectivity index (χ4v) is 4.05. The van der Waals surface area contributed by atoms with Gasteiger partial charge in [-0.15, -0.1) is 0 Å². The lowest BCUT2D eigenvalue weighted by molar-refractivity contribution is 0.0919. The van der Waals surface area contributed by atoms with Crippen molar-refractivity contribution in [1.29, 1.82) is 0 Å². The molecular formula is C20H27N7O.